The molecule has 2 N–H and O–H groups in total. The van der Waals surface area contributed by atoms with Crippen molar-refractivity contribution in [3.8, 4) is 0 Å². The first-order valence-corrected chi connectivity index (χ1v) is 5.70. The van der Waals surface area contributed by atoms with Gasteiger partial charge in [-0.1, -0.05) is 30.3 Å². The first kappa shape index (κ1) is 12.8. The minimum absolute atomic E-state index is 0.247. The summed E-state index contributed by atoms with van der Waals surface area (Å²) in [5, 5.41) is 0. The maximum atomic E-state index is 11.5. The van der Waals surface area contributed by atoms with Gasteiger partial charge in [0, 0.05) is 6.08 Å². The van der Waals surface area contributed by atoms with Crippen LogP contribution in [0.5, 0.6) is 0 Å². The summed E-state index contributed by atoms with van der Waals surface area (Å²) >= 11 is 0. The van der Waals surface area contributed by atoms with E-state index in [2.05, 4.69) is 9.97 Å². The summed E-state index contributed by atoms with van der Waals surface area (Å²) in [5.41, 5.74) is 6.89. The van der Waals surface area contributed by atoms with Crippen LogP contribution in [0.15, 0.2) is 48.8 Å². The fourth-order valence-electron chi connectivity index (χ4n) is 1.36. The van der Waals surface area contributed by atoms with Crippen LogP contribution >= 0.6 is 0 Å². The maximum absolute atomic E-state index is 11.5. The van der Waals surface area contributed by atoms with Crippen LogP contribution in [0.1, 0.15) is 11.3 Å². The summed E-state index contributed by atoms with van der Waals surface area (Å²) in [7, 11) is 0. The number of hydrogen-bond donors (Lipinski definition) is 1. The van der Waals surface area contributed by atoms with Crippen molar-refractivity contribution >= 4 is 17.9 Å². The van der Waals surface area contributed by atoms with E-state index in [0.717, 1.165) is 5.56 Å². The summed E-state index contributed by atoms with van der Waals surface area (Å²) in [6.07, 6.45) is 5.74. The molecule has 0 saturated heterocycles. The van der Waals surface area contributed by atoms with Crippen LogP contribution in [0.3, 0.4) is 0 Å². The number of ether oxygens (including phenoxy) is 1. The van der Waals surface area contributed by atoms with Gasteiger partial charge in [0.05, 0.1) is 18.1 Å². The summed E-state index contributed by atoms with van der Waals surface area (Å²) in [6, 6.07) is 9.47. The van der Waals surface area contributed by atoms with E-state index in [1.807, 2.05) is 30.3 Å². The van der Waals surface area contributed by atoms with E-state index in [1.165, 1.54) is 24.5 Å². The predicted octanol–water partition coefficient (Wildman–Crippen LogP) is 1.82. The second kappa shape index (κ2) is 6.30. The third-order valence-corrected chi connectivity index (χ3v) is 2.31. The van der Waals surface area contributed by atoms with Gasteiger partial charge in [-0.05, 0) is 11.6 Å². The van der Waals surface area contributed by atoms with Crippen LogP contribution in [0.25, 0.3) is 6.08 Å². The highest BCUT2D eigenvalue weighted by Crippen LogP contribution is 2.02. The van der Waals surface area contributed by atoms with Gasteiger partial charge in [0.1, 0.15) is 12.4 Å². The van der Waals surface area contributed by atoms with Crippen molar-refractivity contribution in [2.24, 2.45) is 0 Å². The second-order valence-corrected chi connectivity index (χ2v) is 3.79. The SMILES string of the molecule is Nc1cnc(/C=C/C(=O)OCc2ccccc2)cn1. The number of benzene rings is 1. The number of anilines is 1. The Balaban J connectivity index is 1.86. The Morgan fingerprint density at radius 2 is 2.00 bits per heavy atom. The van der Waals surface area contributed by atoms with Crippen molar-refractivity contribution in [1.29, 1.82) is 0 Å². The van der Waals surface area contributed by atoms with E-state index in [-0.39, 0.29) is 6.61 Å². The number of aromatic nitrogens is 2. The minimum atomic E-state index is -0.428. The second-order valence-electron chi connectivity index (χ2n) is 3.79. The Hall–Kier alpha value is -2.69. The molecular formula is C14H13N3O2. The standard InChI is InChI=1S/C14H13N3O2/c15-13-9-16-12(8-17-13)6-7-14(18)19-10-11-4-2-1-3-5-11/h1-9H,10H2,(H2,15,17)/b7-6+. The largest absolute Gasteiger partial charge is 0.458 e. The van der Waals surface area contributed by atoms with Gasteiger partial charge in [-0.3, -0.25) is 4.98 Å². The Bertz CT molecular complexity index is 565. The zero-order valence-corrected chi connectivity index (χ0v) is 10.2. The zero-order valence-electron chi connectivity index (χ0n) is 10.2. The molecule has 0 fully saturated rings. The van der Waals surface area contributed by atoms with Crippen molar-refractivity contribution in [3.63, 3.8) is 0 Å². The Labute approximate surface area is 110 Å². The first-order valence-electron chi connectivity index (χ1n) is 5.70. The lowest BCUT2D eigenvalue weighted by Gasteiger charge is -2.01. The molecule has 0 unspecified atom stereocenters. The molecule has 0 aliphatic rings. The van der Waals surface area contributed by atoms with E-state index in [9.17, 15) is 4.79 Å². The molecule has 1 aromatic heterocycles. The maximum Gasteiger partial charge on any atom is 0.331 e. The third kappa shape index (κ3) is 4.23. The van der Waals surface area contributed by atoms with E-state index in [1.54, 1.807) is 0 Å². The van der Waals surface area contributed by atoms with E-state index < -0.39 is 5.97 Å². The van der Waals surface area contributed by atoms with E-state index in [0.29, 0.717) is 11.5 Å². The monoisotopic (exact) mass is 255 g/mol. The van der Waals surface area contributed by atoms with Gasteiger partial charge in [-0.25, -0.2) is 9.78 Å². The lowest BCUT2D eigenvalue weighted by atomic mass is 10.2. The highest BCUT2D eigenvalue weighted by Gasteiger charge is 1.98. The molecule has 0 aliphatic heterocycles. The third-order valence-electron chi connectivity index (χ3n) is 2.31. The van der Waals surface area contributed by atoms with Crippen LogP contribution in [0, 0.1) is 0 Å². The molecular weight excluding hydrogens is 242 g/mol. The number of carbonyl (C=O) groups is 1. The van der Waals surface area contributed by atoms with Crippen LogP contribution < -0.4 is 5.73 Å². The number of nitrogens with two attached hydrogens (primary N) is 1. The van der Waals surface area contributed by atoms with Gasteiger partial charge in [-0.15, -0.1) is 0 Å². The smallest absolute Gasteiger partial charge is 0.331 e. The van der Waals surface area contributed by atoms with Gasteiger partial charge in [0.15, 0.2) is 0 Å². The molecule has 1 heterocycles. The molecule has 5 heteroatoms. The molecule has 19 heavy (non-hydrogen) atoms. The predicted molar refractivity (Wildman–Crippen MR) is 71.7 cm³/mol. The number of carbonyl (C=O) groups excluding carboxylic acids is 1. The molecule has 0 amide bonds. The van der Waals surface area contributed by atoms with Gasteiger partial charge >= 0.3 is 5.97 Å². The summed E-state index contributed by atoms with van der Waals surface area (Å²) in [5.74, 6) is -0.0914. The van der Waals surface area contributed by atoms with Crippen molar-refractivity contribution in [2.45, 2.75) is 6.61 Å². The van der Waals surface area contributed by atoms with Crippen molar-refractivity contribution in [2.75, 3.05) is 5.73 Å². The fourth-order valence-corrected chi connectivity index (χ4v) is 1.36. The quantitative estimate of drug-likeness (QED) is 0.666. The molecule has 1 aromatic carbocycles. The number of nitrogens with zero attached hydrogens (tertiary/aromatic N) is 2. The Morgan fingerprint density at radius 3 is 2.68 bits per heavy atom. The molecule has 96 valence electrons. The van der Waals surface area contributed by atoms with Crippen LogP contribution in [0.4, 0.5) is 5.82 Å². The summed E-state index contributed by atoms with van der Waals surface area (Å²) in [6.45, 7) is 0.247. The van der Waals surface area contributed by atoms with Crippen molar-refractivity contribution in [3.05, 3.63) is 60.1 Å². The van der Waals surface area contributed by atoms with Gasteiger partial charge in [-0.2, -0.15) is 0 Å². The number of nitrogen functional groups attached to an aromatic ring is 1. The highest BCUT2D eigenvalue weighted by atomic mass is 16.5. The topological polar surface area (TPSA) is 78.1 Å². The number of hydrogen-bond acceptors (Lipinski definition) is 5. The van der Waals surface area contributed by atoms with Gasteiger partial charge in [0.2, 0.25) is 0 Å². The van der Waals surface area contributed by atoms with Crippen molar-refractivity contribution < 1.29 is 9.53 Å². The molecule has 0 spiro atoms. The average molecular weight is 255 g/mol. The molecule has 0 atom stereocenters. The van der Waals surface area contributed by atoms with Gasteiger partial charge in [0.25, 0.3) is 0 Å². The molecule has 2 aromatic rings. The Morgan fingerprint density at radius 1 is 1.21 bits per heavy atom. The Kier molecular flexibility index (Phi) is 4.23. The lowest BCUT2D eigenvalue weighted by molar-refractivity contribution is -0.138. The van der Waals surface area contributed by atoms with Crippen LogP contribution in [-0.4, -0.2) is 15.9 Å². The first-order chi connectivity index (χ1) is 9.24. The van der Waals surface area contributed by atoms with Crippen LogP contribution in [-0.2, 0) is 16.1 Å². The molecule has 0 bridgehead atoms. The van der Waals surface area contributed by atoms with Gasteiger partial charge < -0.3 is 10.5 Å². The minimum Gasteiger partial charge on any atom is -0.458 e. The van der Waals surface area contributed by atoms with Crippen LogP contribution in [0.2, 0.25) is 0 Å². The normalized spacial score (nSPS) is 10.5. The van der Waals surface area contributed by atoms with Crippen molar-refractivity contribution in [1.82, 2.24) is 9.97 Å². The highest BCUT2D eigenvalue weighted by molar-refractivity contribution is 5.86. The van der Waals surface area contributed by atoms with E-state index >= 15 is 0 Å². The molecule has 2 rings (SSSR count). The average Bonchev–Trinajstić information content (AvgIpc) is 2.45. The van der Waals surface area contributed by atoms with E-state index in [4.69, 9.17) is 10.5 Å². The summed E-state index contributed by atoms with van der Waals surface area (Å²) in [4.78, 5) is 19.3. The lowest BCUT2D eigenvalue weighted by Crippen LogP contribution is -2.00. The number of rotatable bonds is 4. The summed E-state index contributed by atoms with van der Waals surface area (Å²) < 4.78 is 5.07. The fraction of sp³-hybridized carbons (Fsp3) is 0.0714. The molecule has 0 aliphatic carbocycles. The number of esters is 1. The molecule has 0 radical (unpaired) electrons. The zero-order chi connectivity index (χ0) is 13.5. The molecule has 0 saturated carbocycles. The molecule has 5 nitrogen and oxygen atoms in total.